The summed E-state index contributed by atoms with van der Waals surface area (Å²) in [7, 11) is 1.90. The van der Waals surface area contributed by atoms with E-state index in [1.54, 1.807) is 34.0 Å². The largest absolute Gasteiger partial charge is 0.323 e. The molecule has 7 heteroatoms. The van der Waals surface area contributed by atoms with Gasteiger partial charge in [-0.25, -0.2) is 9.67 Å². The van der Waals surface area contributed by atoms with E-state index in [0.29, 0.717) is 12.1 Å². The SMILES string of the molecule is CSc1nc2c(s1)c1cnn(Cc3cccc(C(C)(C)C)c3)c(=O)c1n2C. The third kappa shape index (κ3) is 3.08. The summed E-state index contributed by atoms with van der Waals surface area (Å²) in [5.41, 5.74) is 3.84. The van der Waals surface area contributed by atoms with E-state index in [2.05, 4.69) is 43.0 Å². The van der Waals surface area contributed by atoms with Crippen molar-refractivity contribution in [3.05, 3.63) is 51.9 Å². The summed E-state index contributed by atoms with van der Waals surface area (Å²) in [6, 6.07) is 8.38. The molecule has 140 valence electrons. The van der Waals surface area contributed by atoms with Gasteiger partial charge in [-0.2, -0.15) is 5.10 Å². The summed E-state index contributed by atoms with van der Waals surface area (Å²) in [5, 5.41) is 5.34. The molecule has 4 aromatic rings. The van der Waals surface area contributed by atoms with Gasteiger partial charge < -0.3 is 4.57 Å². The van der Waals surface area contributed by atoms with Gasteiger partial charge in [-0.3, -0.25) is 4.79 Å². The van der Waals surface area contributed by atoms with Crippen molar-refractivity contribution < 1.29 is 0 Å². The first-order valence-corrected chi connectivity index (χ1v) is 10.8. The fourth-order valence-corrected chi connectivity index (χ4v) is 4.88. The highest BCUT2D eigenvalue weighted by atomic mass is 32.2. The number of nitrogens with zero attached hydrogens (tertiary/aromatic N) is 4. The number of fused-ring (bicyclic) bond motifs is 3. The topological polar surface area (TPSA) is 52.7 Å². The van der Waals surface area contributed by atoms with Crippen LogP contribution in [0.25, 0.3) is 21.3 Å². The van der Waals surface area contributed by atoms with Crippen LogP contribution in [0.4, 0.5) is 0 Å². The Morgan fingerprint density at radius 2 is 2.04 bits per heavy atom. The molecule has 4 rings (SSSR count). The van der Waals surface area contributed by atoms with Gasteiger partial charge in [-0.15, -0.1) is 11.3 Å². The number of benzene rings is 1. The number of aromatic nitrogens is 4. The lowest BCUT2D eigenvalue weighted by atomic mass is 9.86. The standard InChI is InChI=1S/C20H22N4OS2/c1-20(2,3)13-8-6-7-12(9-13)11-24-18(25)15-14(10-21-24)16-17(23(15)4)22-19(26-5)27-16/h6-10H,11H2,1-5H3. The molecular weight excluding hydrogens is 376 g/mol. The molecular formula is C20H22N4OS2. The Bertz CT molecular complexity index is 1210. The molecule has 0 fully saturated rings. The number of thiazole rings is 1. The zero-order valence-corrected chi connectivity index (χ0v) is 17.7. The quantitative estimate of drug-likeness (QED) is 0.480. The molecule has 0 radical (unpaired) electrons. The number of aryl methyl sites for hydroxylation is 1. The summed E-state index contributed by atoms with van der Waals surface area (Å²) >= 11 is 3.23. The maximum atomic E-state index is 13.1. The summed E-state index contributed by atoms with van der Waals surface area (Å²) in [6.45, 7) is 7.03. The smallest absolute Gasteiger partial charge is 0.291 e. The van der Waals surface area contributed by atoms with E-state index in [4.69, 9.17) is 0 Å². The summed E-state index contributed by atoms with van der Waals surface area (Å²) in [5.74, 6) is 0. The third-order valence-electron chi connectivity index (χ3n) is 4.81. The van der Waals surface area contributed by atoms with E-state index >= 15 is 0 Å². The van der Waals surface area contributed by atoms with Crippen LogP contribution in [0.3, 0.4) is 0 Å². The van der Waals surface area contributed by atoms with Gasteiger partial charge in [0.05, 0.1) is 17.4 Å². The van der Waals surface area contributed by atoms with Gasteiger partial charge in [0.15, 0.2) is 9.99 Å². The van der Waals surface area contributed by atoms with E-state index in [9.17, 15) is 4.79 Å². The van der Waals surface area contributed by atoms with Crippen molar-refractivity contribution in [2.75, 3.05) is 6.26 Å². The van der Waals surface area contributed by atoms with Crippen molar-refractivity contribution >= 4 is 44.3 Å². The van der Waals surface area contributed by atoms with Crippen molar-refractivity contribution in [1.82, 2.24) is 19.3 Å². The second kappa shape index (κ2) is 6.49. The minimum Gasteiger partial charge on any atom is -0.323 e. The number of hydrogen-bond acceptors (Lipinski definition) is 5. The molecule has 1 aromatic carbocycles. The number of hydrogen-bond donors (Lipinski definition) is 0. The molecule has 0 saturated carbocycles. The highest BCUT2D eigenvalue weighted by Crippen LogP contribution is 2.34. The lowest BCUT2D eigenvalue weighted by Gasteiger charge is -2.19. The Hall–Kier alpha value is -2.12. The molecule has 0 amide bonds. The molecule has 0 aliphatic heterocycles. The molecule has 0 aliphatic carbocycles. The van der Waals surface area contributed by atoms with Crippen LogP contribution < -0.4 is 5.56 Å². The third-order valence-corrected chi connectivity index (χ3v) is 6.87. The lowest BCUT2D eigenvalue weighted by Crippen LogP contribution is -2.24. The van der Waals surface area contributed by atoms with E-state index in [1.807, 2.05) is 30.0 Å². The van der Waals surface area contributed by atoms with E-state index in [-0.39, 0.29) is 11.0 Å². The monoisotopic (exact) mass is 398 g/mol. The van der Waals surface area contributed by atoms with Crippen LogP contribution in [0.2, 0.25) is 0 Å². The Morgan fingerprint density at radius 3 is 2.74 bits per heavy atom. The number of rotatable bonds is 3. The molecule has 0 saturated heterocycles. The second-order valence-corrected chi connectivity index (χ2v) is 9.77. The van der Waals surface area contributed by atoms with Crippen LogP contribution >= 0.6 is 23.1 Å². The van der Waals surface area contributed by atoms with Crippen LogP contribution in [0.15, 0.2) is 39.6 Å². The minimum absolute atomic E-state index is 0.0709. The van der Waals surface area contributed by atoms with Gasteiger partial charge >= 0.3 is 0 Å². The van der Waals surface area contributed by atoms with Crippen molar-refractivity contribution in [1.29, 1.82) is 0 Å². The molecule has 0 spiro atoms. The highest BCUT2D eigenvalue weighted by molar-refractivity contribution is 8.00. The highest BCUT2D eigenvalue weighted by Gasteiger charge is 2.18. The molecule has 0 atom stereocenters. The Balaban J connectivity index is 1.81. The fraction of sp³-hybridized carbons (Fsp3) is 0.350. The average molecular weight is 399 g/mol. The molecule has 27 heavy (non-hydrogen) atoms. The Kier molecular flexibility index (Phi) is 4.39. The van der Waals surface area contributed by atoms with Crippen LogP contribution in [0.5, 0.6) is 0 Å². The van der Waals surface area contributed by atoms with Gasteiger partial charge in [-0.05, 0) is 22.8 Å². The molecule has 0 N–H and O–H groups in total. The Morgan fingerprint density at radius 1 is 1.26 bits per heavy atom. The second-order valence-electron chi connectivity index (χ2n) is 7.72. The van der Waals surface area contributed by atoms with Crippen LogP contribution in [0.1, 0.15) is 31.9 Å². The van der Waals surface area contributed by atoms with Gasteiger partial charge in [0, 0.05) is 12.4 Å². The van der Waals surface area contributed by atoms with Gasteiger partial charge in [0.2, 0.25) is 0 Å². The zero-order chi connectivity index (χ0) is 19.3. The predicted octanol–water partition coefficient (Wildman–Crippen LogP) is 4.41. The first-order valence-electron chi connectivity index (χ1n) is 8.78. The average Bonchev–Trinajstić information content (AvgIpc) is 3.16. The maximum Gasteiger partial charge on any atom is 0.291 e. The Labute approximate surface area is 166 Å². The van der Waals surface area contributed by atoms with Crippen molar-refractivity contribution in [2.24, 2.45) is 7.05 Å². The summed E-state index contributed by atoms with van der Waals surface area (Å²) in [4.78, 5) is 17.7. The van der Waals surface area contributed by atoms with Gasteiger partial charge in [0.1, 0.15) is 5.52 Å². The maximum absolute atomic E-state index is 13.1. The van der Waals surface area contributed by atoms with Crippen LogP contribution in [-0.2, 0) is 19.0 Å². The van der Waals surface area contributed by atoms with E-state index in [0.717, 1.165) is 25.6 Å². The van der Waals surface area contributed by atoms with Gasteiger partial charge in [0.25, 0.3) is 5.56 Å². The lowest BCUT2D eigenvalue weighted by molar-refractivity contribution is 0.586. The summed E-state index contributed by atoms with van der Waals surface area (Å²) in [6.07, 6.45) is 3.81. The van der Waals surface area contributed by atoms with Crippen molar-refractivity contribution in [2.45, 2.75) is 37.1 Å². The molecule has 0 unspecified atom stereocenters. The van der Waals surface area contributed by atoms with Crippen molar-refractivity contribution in [3.63, 3.8) is 0 Å². The zero-order valence-electron chi connectivity index (χ0n) is 16.1. The normalized spacial score (nSPS) is 12.3. The van der Waals surface area contributed by atoms with Crippen LogP contribution in [0, 0.1) is 0 Å². The summed E-state index contributed by atoms with van der Waals surface area (Å²) < 4.78 is 5.47. The minimum atomic E-state index is -0.0768. The van der Waals surface area contributed by atoms with Crippen LogP contribution in [-0.4, -0.2) is 25.6 Å². The first-order chi connectivity index (χ1) is 12.8. The fourth-order valence-electron chi connectivity index (χ4n) is 3.28. The van der Waals surface area contributed by atoms with Gasteiger partial charge in [-0.1, -0.05) is 56.8 Å². The molecule has 5 nitrogen and oxygen atoms in total. The van der Waals surface area contributed by atoms with E-state index < -0.39 is 0 Å². The first kappa shape index (κ1) is 18.3. The van der Waals surface area contributed by atoms with Crippen molar-refractivity contribution in [3.8, 4) is 0 Å². The molecule has 0 aliphatic rings. The molecule has 3 aromatic heterocycles. The van der Waals surface area contributed by atoms with E-state index in [1.165, 1.54) is 5.56 Å². The number of thioether (sulfide) groups is 1. The molecule has 3 heterocycles. The predicted molar refractivity (Wildman–Crippen MR) is 114 cm³/mol. The molecule has 0 bridgehead atoms.